The number of rotatable bonds is 3. The Hall–Kier alpha value is -1.06. The van der Waals surface area contributed by atoms with Crippen LogP contribution in [0, 0.1) is 0 Å². The first-order chi connectivity index (χ1) is 8.53. The number of carbonyl (C=O) groups is 1. The van der Waals surface area contributed by atoms with E-state index in [4.69, 9.17) is 11.6 Å². The van der Waals surface area contributed by atoms with E-state index in [-0.39, 0.29) is 11.4 Å². The zero-order valence-corrected chi connectivity index (χ0v) is 11.2. The molecule has 1 fully saturated rings. The maximum absolute atomic E-state index is 11.8. The molecule has 0 aliphatic heterocycles. The van der Waals surface area contributed by atoms with Gasteiger partial charge in [0.2, 0.25) is 5.91 Å². The number of amides is 1. The number of hydrogen-bond donors (Lipinski definition) is 2. The van der Waals surface area contributed by atoms with E-state index in [0.717, 1.165) is 31.2 Å². The minimum atomic E-state index is -0.977. The first-order valence-corrected chi connectivity index (χ1v) is 6.67. The van der Waals surface area contributed by atoms with Crippen molar-refractivity contribution < 1.29 is 9.90 Å². The molecule has 0 bridgehead atoms. The first kappa shape index (κ1) is 13.4. The third kappa shape index (κ3) is 2.68. The van der Waals surface area contributed by atoms with Crippen molar-refractivity contribution in [3.05, 3.63) is 34.9 Å². The highest BCUT2D eigenvalue weighted by molar-refractivity contribution is 6.30. The van der Waals surface area contributed by atoms with Crippen LogP contribution in [-0.4, -0.2) is 17.1 Å². The quantitative estimate of drug-likeness (QED) is 0.884. The molecule has 1 aromatic carbocycles. The van der Waals surface area contributed by atoms with Gasteiger partial charge in [0, 0.05) is 5.02 Å². The summed E-state index contributed by atoms with van der Waals surface area (Å²) in [4.78, 5) is 11.8. The average molecular weight is 268 g/mol. The maximum atomic E-state index is 11.8. The summed E-state index contributed by atoms with van der Waals surface area (Å²) in [5.74, 6) is -0.313. The Bertz CT molecular complexity index is 422. The van der Waals surface area contributed by atoms with E-state index in [2.05, 4.69) is 5.32 Å². The molecule has 98 valence electrons. The molecule has 1 amide bonds. The van der Waals surface area contributed by atoms with Crippen LogP contribution in [0.5, 0.6) is 0 Å². The highest BCUT2D eigenvalue weighted by atomic mass is 35.5. The summed E-state index contributed by atoms with van der Waals surface area (Å²) in [6, 6.07) is 7.59. The average Bonchev–Trinajstić information content (AvgIpc) is 2.79. The molecule has 1 aliphatic carbocycles. The molecule has 0 aromatic heterocycles. The Morgan fingerprint density at radius 2 is 1.89 bits per heavy atom. The predicted octanol–water partition coefficient (Wildman–Crippen LogP) is 2.61. The fourth-order valence-electron chi connectivity index (χ4n) is 2.57. The van der Waals surface area contributed by atoms with Gasteiger partial charge in [-0.15, -0.1) is 0 Å². The number of aliphatic hydroxyl groups excluding tert-OH is 1. The molecular weight excluding hydrogens is 250 g/mol. The van der Waals surface area contributed by atoms with Crippen LogP contribution in [0.4, 0.5) is 0 Å². The molecule has 1 aromatic rings. The first-order valence-electron chi connectivity index (χ1n) is 6.30. The Balaban J connectivity index is 2.26. The summed E-state index contributed by atoms with van der Waals surface area (Å²) in [6.45, 7) is 1.49. The van der Waals surface area contributed by atoms with Gasteiger partial charge >= 0.3 is 0 Å². The largest absolute Gasteiger partial charge is 0.384 e. The second-order valence-electron chi connectivity index (χ2n) is 4.96. The smallest absolute Gasteiger partial charge is 0.249 e. The van der Waals surface area contributed by atoms with Crippen molar-refractivity contribution in [1.29, 1.82) is 0 Å². The van der Waals surface area contributed by atoms with Crippen molar-refractivity contribution in [2.24, 2.45) is 0 Å². The van der Waals surface area contributed by atoms with Crippen molar-refractivity contribution >= 4 is 17.5 Å². The minimum absolute atomic E-state index is 0.313. The van der Waals surface area contributed by atoms with Crippen LogP contribution in [0.2, 0.25) is 5.02 Å². The third-order valence-electron chi connectivity index (χ3n) is 3.60. The van der Waals surface area contributed by atoms with Crippen LogP contribution in [0.3, 0.4) is 0 Å². The second kappa shape index (κ2) is 5.29. The molecule has 4 heteroatoms. The normalized spacial score (nSPS) is 19.5. The standard InChI is InChI=1S/C14H18ClNO2/c1-10(17)13(18)16-14(8-2-3-9-14)11-4-6-12(15)7-5-11/h4-7,10,17H,2-3,8-9H2,1H3,(H,16,18). The van der Waals surface area contributed by atoms with Crippen molar-refractivity contribution in [2.45, 2.75) is 44.2 Å². The zero-order valence-electron chi connectivity index (χ0n) is 10.4. The van der Waals surface area contributed by atoms with Crippen molar-refractivity contribution in [2.75, 3.05) is 0 Å². The van der Waals surface area contributed by atoms with Crippen LogP contribution < -0.4 is 5.32 Å². The lowest BCUT2D eigenvalue weighted by molar-refractivity contribution is -0.130. The molecule has 18 heavy (non-hydrogen) atoms. The van der Waals surface area contributed by atoms with Crippen LogP contribution in [0.1, 0.15) is 38.2 Å². The van der Waals surface area contributed by atoms with E-state index in [9.17, 15) is 9.90 Å². The molecule has 1 aliphatic rings. The summed E-state index contributed by atoms with van der Waals surface area (Å²) >= 11 is 5.89. The SMILES string of the molecule is CC(O)C(=O)NC1(c2ccc(Cl)cc2)CCCC1. The molecule has 0 spiro atoms. The fraction of sp³-hybridized carbons (Fsp3) is 0.500. The number of aliphatic hydroxyl groups is 1. The monoisotopic (exact) mass is 267 g/mol. The Labute approximate surface area is 112 Å². The van der Waals surface area contributed by atoms with Gasteiger partial charge in [-0.1, -0.05) is 36.6 Å². The van der Waals surface area contributed by atoms with E-state index in [1.165, 1.54) is 6.92 Å². The molecule has 3 nitrogen and oxygen atoms in total. The molecule has 2 rings (SSSR count). The maximum Gasteiger partial charge on any atom is 0.249 e. The molecule has 0 radical (unpaired) electrons. The summed E-state index contributed by atoms with van der Waals surface area (Å²) in [7, 11) is 0. The van der Waals surface area contributed by atoms with Gasteiger partial charge < -0.3 is 10.4 Å². The van der Waals surface area contributed by atoms with E-state index in [1.54, 1.807) is 0 Å². The predicted molar refractivity (Wildman–Crippen MR) is 71.4 cm³/mol. The molecule has 1 saturated carbocycles. The zero-order chi connectivity index (χ0) is 13.2. The van der Waals surface area contributed by atoms with E-state index < -0.39 is 6.10 Å². The Kier molecular flexibility index (Phi) is 3.93. The Morgan fingerprint density at radius 1 is 1.33 bits per heavy atom. The van der Waals surface area contributed by atoms with Crippen molar-refractivity contribution in [3.63, 3.8) is 0 Å². The summed E-state index contributed by atoms with van der Waals surface area (Å²) in [5.41, 5.74) is 0.733. The summed E-state index contributed by atoms with van der Waals surface area (Å²) in [6.07, 6.45) is 3.01. The van der Waals surface area contributed by atoms with Crippen molar-refractivity contribution in [1.82, 2.24) is 5.32 Å². The molecule has 2 N–H and O–H groups in total. The molecule has 0 heterocycles. The van der Waals surface area contributed by atoms with E-state index in [0.29, 0.717) is 5.02 Å². The van der Waals surface area contributed by atoms with Gasteiger partial charge in [0.1, 0.15) is 6.10 Å². The van der Waals surface area contributed by atoms with Crippen LogP contribution in [-0.2, 0) is 10.3 Å². The van der Waals surface area contributed by atoms with Gasteiger partial charge in [-0.25, -0.2) is 0 Å². The van der Waals surface area contributed by atoms with Crippen molar-refractivity contribution in [3.8, 4) is 0 Å². The molecular formula is C14H18ClNO2. The number of carbonyl (C=O) groups excluding carboxylic acids is 1. The minimum Gasteiger partial charge on any atom is -0.384 e. The topological polar surface area (TPSA) is 49.3 Å². The summed E-state index contributed by atoms with van der Waals surface area (Å²) < 4.78 is 0. The van der Waals surface area contributed by atoms with Crippen LogP contribution in [0.15, 0.2) is 24.3 Å². The number of halogens is 1. The highest BCUT2D eigenvalue weighted by Gasteiger charge is 2.37. The van der Waals surface area contributed by atoms with Gasteiger partial charge in [0.05, 0.1) is 5.54 Å². The Morgan fingerprint density at radius 3 is 2.39 bits per heavy atom. The third-order valence-corrected chi connectivity index (χ3v) is 3.85. The van der Waals surface area contributed by atoms with Gasteiger partial charge in [0.15, 0.2) is 0 Å². The fourth-order valence-corrected chi connectivity index (χ4v) is 2.70. The molecule has 1 unspecified atom stereocenters. The van der Waals surface area contributed by atoms with Crippen LogP contribution in [0.25, 0.3) is 0 Å². The van der Waals surface area contributed by atoms with Gasteiger partial charge in [-0.3, -0.25) is 4.79 Å². The number of nitrogens with one attached hydrogen (secondary N) is 1. The van der Waals surface area contributed by atoms with Gasteiger partial charge in [0.25, 0.3) is 0 Å². The lowest BCUT2D eigenvalue weighted by Gasteiger charge is -2.31. The summed E-state index contributed by atoms with van der Waals surface area (Å²) in [5, 5.41) is 13.0. The lowest BCUT2D eigenvalue weighted by atomic mass is 9.88. The lowest BCUT2D eigenvalue weighted by Crippen LogP contribution is -2.47. The van der Waals surface area contributed by atoms with E-state index >= 15 is 0 Å². The molecule has 1 atom stereocenters. The molecule has 0 saturated heterocycles. The van der Waals surface area contributed by atoms with Crippen LogP contribution >= 0.6 is 11.6 Å². The highest BCUT2D eigenvalue weighted by Crippen LogP contribution is 2.39. The van der Waals surface area contributed by atoms with E-state index in [1.807, 2.05) is 24.3 Å². The van der Waals surface area contributed by atoms with Gasteiger partial charge in [-0.2, -0.15) is 0 Å². The number of benzene rings is 1. The van der Waals surface area contributed by atoms with Gasteiger partial charge in [-0.05, 0) is 37.5 Å². The second-order valence-corrected chi connectivity index (χ2v) is 5.40. The number of hydrogen-bond acceptors (Lipinski definition) is 2.